The van der Waals surface area contributed by atoms with E-state index in [-0.39, 0.29) is 13.0 Å². The molecule has 1 aliphatic rings. The highest BCUT2D eigenvalue weighted by Gasteiger charge is 2.24. The van der Waals surface area contributed by atoms with Crippen LogP contribution < -0.4 is 5.32 Å². The summed E-state index contributed by atoms with van der Waals surface area (Å²) in [6, 6.07) is 10.7. The summed E-state index contributed by atoms with van der Waals surface area (Å²) in [5.41, 5.74) is 4.07. The number of hydrogen-bond acceptors (Lipinski definition) is 4. The predicted octanol–water partition coefficient (Wildman–Crippen LogP) is 4.23. The quantitative estimate of drug-likeness (QED) is 0.662. The molecule has 1 amide bonds. The number of amides is 1. The molecule has 0 saturated heterocycles. The van der Waals surface area contributed by atoms with E-state index in [1.807, 2.05) is 31.2 Å². The zero-order chi connectivity index (χ0) is 21.0. The van der Waals surface area contributed by atoms with Gasteiger partial charge in [0.25, 0.3) is 0 Å². The number of halogens is 1. The molecule has 0 spiro atoms. The second kappa shape index (κ2) is 8.92. The molecular weight excluding hydrogens is 394 g/mol. The number of ether oxygens (including phenoxy) is 1. The molecule has 29 heavy (non-hydrogen) atoms. The number of benzene rings is 2. The van der Waals surface area contributed by atoms with Crippen molar-refractivity contribution in [2.45, 2.75) is 32.4 Å². The Bertz CT molecular complexity index is 981. The molecule has 1 unspecified atom stereocenters. The third-order valence-corrected chi connectivity index (χ3v) is 4.96. The van der Waals surface area contributed by atoms with Gasteiger partial charge in [-0.2, -0.15) is 0 Å². The molecule has 0 bridgehead atoms. The third kappa shape index (κ3) is 5.23. The number of hydrogen-bond donors (Lipinski definition) is 2. The van der Waals surface area contributed by atoms with Crippen LogP contribution >= 0.6 is 11.6 Å². The normalized spacial score (nSPS) is 14.3. The van der Waals surface area contributed by atoms with Crippen LogP contribution in [0.3, 0.4) is 0 Å². The maximum Gasteiger partial charge on any atom is 0.408 e. The van der Waals surface area contributed by atoms with E-state index in [9.17, 15) is 14.4 Å². The van der Waals surface area contributed by atoms with Gasteiger partial charge in [0.05, 0.1) is 6.04 Å². The van der Waals surface area contributed by atoms with Crippen molar-refractivity contribution in [2.75, 3.05) is 0 Å². The van der Waals surface area contributed by atoms with Crippen molar-refractivity contribution in [2.24, 2.45) is 0 Å². The van der Waals surface area contributed by atoms with Crippen LogP contribution in [-0.2, 0) is 27.4 Å². The molecule has 0 aromatic heterocycles. The van der Waals surface area contributed by atoms with E-state index in [2.05, 4.69) is 5.32 Å². The van der Waals surface area contributed by atoms with E-state index in [0.29, 0.717) is 10.6 Å². The number of carbonyl (C=O) groups is 3. The molecule has 0 saturated carbocycles. The first kappa shape index (κ1) is 20.6. The summed E-state index contributed by atoms with van der Waals surface area (Å²) >= 11 is 6.23. The van der Waals surface area contributed by atoms with Crippen LogP contribution in [0.5, 0.6) is 0 Å². The zero-order valence-electron chi connectivity index (χ0n) is 15.8. The Hall–Kier alpha value is -3.12. The minimum Gasteiger partial charge on any atom is -0.481 e. The summed E-state index contributed by atoms with van der Waals surface area (Å²) in [6.07, 6.45) is 2.35. The number of nitrogens with one attached hydrogen (secondary N) is 1. The van der Waals surface area contributed by atoms with Gasteiger partial charge in [-0.3, -0.25) is 9.59 Å². The Morgan fingerprint density at radius 2 is 1.86 bits per heavy atom. The Morgan fingerprint density at radius 1 is 1.14 bits per heavy atom. The van der Waals surface area contributed by atoms with Gasteiger partial charge in [0.2, 0.25) is 0 Å². The van der Waals surface area contributed by atoms with E-state index < -0.39 is 30.3 Å². The molecule has 2 aromatic rings. The second-order valence-electron chi connectivity index (χ2n) is 6.86. The monoisotopic (exact) mass is 413 g/mol. The number of Topliss-reactive ketones (excluding diaryl/α,β-unsaturated/α-hetero) is 1. The smallest absolute Gasteiger partial charge is 0.408 e. The molecule has 0 heterocycles. The Balaban J connectivity index is 1.66. The molecule has 2 aromatic carbocycles. The highest BCUT2D eigenvalue weighted by atomic mass is 35.5. The number of carboxylic acids is 1. The zero-order valence-corrected chi connectivity index (χ0v) is 16.5. The summed E-state index contributed by atoms with van der Waals surface area (Å²) < 4.78 is 5.28. The van der Waals surface area contributed by atoms with E-state index in [4.69, 9.17) is 21.4 Å². The Labute approximate surface area is 173 Å². The number of ketones is 1. The van der Waals surface area contributed by atoms with E-state index >= 15 is 0 Å². The molecule has 6 nitrogen and oxygen atoms in total. The first-order valence-electron chi connectivity index (χ1n) is 9.05. The van der Waals surface area contributed by atoms with Crippen LogP contribution in [0, 0.1) is 6.92 Å². The molecule has 150 valence electrons. The molecule has 2 N–H and O–H groups in total. The van der Waals surface area contributed by atoms with Crippen LogP contribution in [0.25, 0.3) is 6.08 Å². The van der Waals surface area contributed by atoms with Gasteiger partial charge in [-0.15, -0.1) is 0 Å². The minimum absolute atomic E-state index is 0.0801. The van der Waals surface area contributed by atoms with Gasteiger partial charge in [-0.1, -0.05) is 59.6 Å². The van der Waals surface area contributed by atoms with Gasteiger partial charge < -0.3 is 15.2 Å². The second-order valence-corrected chi connectivity index (χ2v) is 7.26. The van der Waals surface area contributed by atoms with Gasteiger partial charge in [0, 0.05) is 11.4 Å². The third-order valence-electron chi connectivity index (χ3n) is 4.61. The highest BCUT2D eigenvalue weighted by molar-refractivity contribution is 6.32. The molecule has 7 heteroatoms. The average molecular weight is 414 g/mol. The maximum absolute atomic E-state index is 12.2. The van der Waals surface area contributed by atoms with Crippen molar-refractivity contribution in [3.8, 4) is 0 Å². The summed E-state index contributed by atoms with van der Waals surface area (Å²) in [4.78, 5) is 34.9. The first-order chi connectivity index (χ1) is 13.8. The van der Waals surface area contributed by atoms with Gasteiger partial charge in [0.1, 0.15) is 18.8 Å². The van der Waals surface area contributed by atoms with Gasteiger partial charge >= 0.3 is 12.1 Å². The lowest BCUT2D eigenvalue weighted by molar-refractivity contribution is -0.140. The molecule has 1 aliphatic carbocycles. The lowest BCUT2D eigenvalue weighted by Gasteiger charge is -2.16. The molecule has 0 radical (unpaired) electrons. The van der Waals surface area contributed by atoms with Crippen LogP contribution in [0.2, 0.25) is 5.02 Å². The number of carboxylic acid groups (broad SMARTS) is 1. The van der Waals surface area contributed by atoms with Crippen LogP contribution in [0.1, 0.15) is 40.3 Å². The van der Waals surface area contributed by atoms with Crippen LogP contribution in [0.4, 0.5) is 4.79 Å². The fraction of sp³-hybridized carbons (Fsp3) is 0.227. The van der Waals surface area contributed by atoms with Gasteiger partial charge in [0.15, 0.2) is 0 Å². The number of alkyl carbamates (subject to hydrolysis) is 1. The summed E-state index contributed by atoms with van der Waals surface area (Å²) in [6.45, 7) is 2.14. The number of carbonyl (C=O) groups excluding carboxylic acids is 2. The fourth-order valence-electron chi connectivity index (χ4n) is 3.16. The van der Waals surface area contributed by atoms with Crippen molar-refractivity contribution in [3.05, 3.63) is 75.3 Å². The number of aliphatic carboxylic acids is 1. The molecule has 0 fully saturated rings. The minimum atomic E-state index is -1.18. The summed E-state index contributed by atoms with van der Waals surface area (Å²) in [7, 11) is 0. The van der Waals surface area contributed by atoms with E-state index in [1.165, 1.54) is 0 Å². The number of aryl methyl sites for hydroxylation is 1. The SMILES string of the molecule is Cc1ccc(COC(=O)NC2C=Cc3c2ccc(Cl)c3CC(=O)CC(=O)O)cc1. The Kier molecular flexibility index (Phi) is 6.34. The van der Waals surface area contributed by atoms with Crippen LogP contribution in [0.15, 0.2) is 42.5 Å². The van der Waals surface area contributed by atoms with Gasteiger partial charge in [-0.25, -0.2) is 4.79 Å². The Morgan fingerprint density at radius 3 is 2.55 bits per heavy atom. The fourth-order valence-corrected chi connectivity index (χ4v) is 3.39. The summed E-state index contributed by atoms with van der Waals surface area (Å²) in [5, 5.41) is 11.9. The highest BCUT2D eigenvalue weighted by Crippen LogP contribution is 2.35. The van der Waals surface area contributed by atoms with Crippen molar-refractivity contribution < 1.29 is 24.2 Å². The van der Waals surface area contributed by atoms with Crippen molar-refractivity contribution in [1.29, 1.82) is 0 Å². The number of fused-ring (bicyclic) bond motifs is 1. The standard InChI is InChI=1S/C22H20ClNO5/c1-13-2-4-14(5-3-13)12-29-22(28)24-20-9-7-16-17(20)6-8-19(23)18(16)10-15(25)11-21(26)27/h2-9,20H,10-12H2,1H3,(H,24,28)(H,26,27). The summed E-state index contributed by atoms with van der Waals surface area (Å²) in [5.74, 6) is -1.61. The lowest BCUT2D eigenvalue weighted by Crippen LogP contribution is -2.27. The largest absolute Gasteiger partial charge is 0.481 e. The van der Waals surface area contributed by atoms with E-state index in [0.717, 1.165) is 22.3 Å². The van der Waals surface area contributed by atoms with Crippen molar-refractivity contribution in [1.82, 2.24) is 5.32 Å². The lowest BCUT2D eigenvalue weighted by atomic mass is 9.97. The van der Waals surface area contributed by atoms with Crippen LogP contribution in [-0.4, -0.2) is 23.0 Å². The van der Waals surface area contributed by atoms with E-state index in [1.54, 1.807) is 24.3 Å². The molecule has 3 rings (SSSR count). The maximum atomic E-state index is 12.2. The van der Waals surface area contributed by atoms with Gasteiger partial charge in [-0.05, 0) is 35.2 Å². The predicted molar refractivity (Wildman–Crippen MR) is 109 cm³/mol. The molecule has 1 atom stereocenters. The van der Waals surface area contributed by atoms with Crippen molar-refractivity contribution >= 4 is 35.5 Å². The topological polar surface area (TPSA) is 92.7 Å². The van der Waals surface area contributed by atoms with Crippen molar-refractivity contribution in [3.63, 3.8) is 0 Å². The molecular formula is C22H20ClNO5. The first-order valence-corrected chi connectivity index (χ1v) is 9.43. The average Bonchev–Trinajstić information content (AvgIpc) is 3.06. The molecule has 0 aliphatic heterocycles. The number of rotatable bonds is 7.